The molecule has 2 aromatic carbocycles. The van der Waals surface area contributed by atoms with E-state index >= 15 is 0 Å². The van der Waals surface area contributed by atoms with Crippen LogP contribution in [0, 0.1) is 6.92 Å². The number of aliphatic carboxylic acids is 1. The van der Waals surface area contributed by atoms with E-state index in [2.05, 4.69) is 15.3 Å². The average Bonchev–Trinajstić information content (AvgIpc) is 2.64. The molecule has 6 nitrogen and oxygen atoms in total. The fourth-order valence-corrected chi connectivity index (χ4v) is 3.20. The van der Waals surface area contributed by atoms with Gasteiger partial charge in [0.15, 0.2) is 0 Å². The number of carbonyl (C=O) groups is 1. The molecule has 3 rings (SSSR count). The molecule has 1 heterocycles. The van der Waals surface area contributed by atoms with Gasteiger partial charge in [0.2, 0.25) is 0 Å². The fourth-order valence-electron chi connectivity index (χ4n) is 3.20. The van der Waals surface area contributed by atoms with Crippen LogP contribution in [-0.2, 0) is 4.79 Å². The summed E-state index contributed by atoms with van der Waals surface area (Å²) in [6.45, 7) is 3.97. The third kappa shape index (κ3) is 3.50. The first-order valence-electron chi connectivity index (χ1n) is 8.57. The van der Waals surface area contributed by atoms with Crippen molar-refractivity contribution in [3.8, 4) is 0 Å². The van der Waals surface area contributed by atoms with E-state index < -0.39 is 12.0 Å². The largest absolute Gasteiger partial charge is 0.480 e. The molecule has 2 unspecified atom stereocenters. The molecular formula is C20H22N4O2. The SMILES string of the molecule is CCC(c1ccc(Nc2ncnc3cccc(C)c23)cc1)C(N)C(=O)O. The highest BCUT2D eigenvalue weighted by Crippen LogP contribution is 2.28. The number of hydrogen-bond acceptors (Lipinski definition) is 5. The molecule has 26 heavy (non-hydrogen) atoms. The van der Waals surface area contributed by atoms with E-state index in [1.807, 2.05) is 56.3 Å². The molecule has 1 aromatic heterocycles. The molecule has 134 valence electrons. The Morgan fingerprint density at radius 1 is 1.19 bits per heavy atom. The number of fused-ring (bicyclic) bond motifs is 1. The second kappa shape index (κ2) is 7.49. The number of carboxylic acid groups (broad SMARTS) is 1. The van der Waals surface area contributed by atoms with E-state index in [0.717, 1.165) is 33.5 Å². The van der Waals surface area contributed by atoms with E-state index in [1.54, 1.807) is 0 Å². The van der Waals surface area contributed by atoms with Crippen LogP contribution in [0.4, 0.5) is 11.5 Å². The summed E-state index contributed by atoms with van der Waals surface area (Å²) in [5.41, 5.74) is 9.58. The predicted molar refractivity (Wildman–Crippen MR) is 103 cm³/mol. The van der Waals surface area contributed by atoms with Crippen molar-refractivity contribution < 1.29 is 9.90 Å². The van der Waals surface area contributed by atoms with Crippen LogP contribution >= 0.6 is 0 Å². The van der Waals surface area contributed by atoms with Gasteiger partial charge < -0.3 is 16.2 Å². The smallest absolute Gasteiger partial charge is 0.321 e. The van der Waals surface area contributed by atoms with E-state index in [1.165, 1.54) is 6.33 Å². The lowest BCUT2D eigenvalue weighted by Gasteiger charge is -2.20. The normalized spacial score (nSPS) is 13.3. The molecule has 0 amide bonds. The Balaban J connectivity index is 1.88. The minimum atomic E-state index is -0.984. The number of aryl methyl sites for hydroxylation is 1. The van der Waals surface area contributed by atoms with E-state index in [-0.39, 0.29) is 5.92 Å². The Kier molecular flexibility index (Phi) is 5.14. The van der Waals surface area contributed by atoms with Crippen LogP contribution in [0.5, 0.6) is 0 Å². The first-order valence-corrected chi connectivity index (χ1v) is 8.57. The second-order valence-electron chi connectivity index (χ2n) is 6.32. The Hall–Kier alpha value is -2.99. The predicted octanol–water partition coefficient (Wildman–Crippen LogP) is 3.59. The van der Waals surface area contributed by atoms with Gasteiger partial charge in [-0.15, -0.1) is 0 Å². The number of aromatic nitrogens is 2. The van der Waals surface area contributed by atoms with Crippen molar-refractivity contribution in [1.29, 1.82) is 0 Å². The summed E-state index contributed by atoms with van der Waals surface area (Å²) < 4.78 is 0. The molecule has 3 aromatic rings. The maximum Gasteiger partial charge on any atom is 0.321 e. The van der Waals surface area contributed by atoms with Gasteiger partial charge in [0.05, 0.1) is 5.52 Å². The molecule has 0 bridgehead atoms. The highest BCUT2D eigenvalue weighted by atomic mass is 16.4. The second-order valence-corrected chi connectivity index (χ2v) is 6.32. The van der Waals surface area contributed by atoms with Gasteiger partial charge in [0.1, 0.15) is 18.2 Å². The number of nitrogens with two attached hydrogens (primary N) is 1. The molecule has 0 aliphatic rings. The third-order valence-corrected chi connectivity index (χ3v) is 4.63. The molecule has 0 aliphatic heterocycles. The van der Waals surface area contributed by atoms with E-state index in [9.17, 15) is 4.79 Å². The van der Waals surface area contributed by atoms with Crippen LogP contribution in [0.2, 0.25) is 0 Å². The molecule has 2 atom stereocenters. The van der Waals surface area contributed by atoms with Crippen molar-refractivity contribution in [1.82, 2.24) is 9.97 Å². The van der Waals surface area contributed by atoms with Gasteiger partial charge in [-0.05, 0) is 42.7 Å². The summed E-state index contributed by atoms with van der Waals surface area (Å²) in [7, 11) is 0. The maximum absolute atomic E-state index is 11.2. The first kappa shape index (κ1) is 17.8. The van der Waals surface area contributed by atoms with Crippen LogP contribution in [0.3, 0.4) is 0 Å². The summed E-state index contributed by atoms with van der Waals surface area (Å²) in [6, 6.07) is 12.7. The standard InChI is InChI=1S/C20H22N4O2/c1-3-15(18(21)20(25)26)13-7-9-14(10-8-13)24-19-17-12(2)5-4-6-16(17)22-11-23-19/h4-11,15,18H,3,21H2,1-2H3,(H,25,26)(H,22,23,24). The fraction of sp³-hybridized carbons (Fsp3) is 0.250. The van der Waals surface area contributed by atoms with Crippen molar-refractivity contribution in [2.75, 3.05) is 5.32 Å². The van der Waals surface area contributed by atoms with Crippen molar-refractivity contribution in [3.05, 3.63) is 59.9 Å². The topological polar surface area (TPSA) is 101 Å². The maximum atomic E-state index is 11.2. The van der Waals surface area contributed by atoms with Crippen LogP contribution in [-0.4, -0.2) is 27.1 Å². The lowest BCUT2D eigenvalue weighted by molar-refractivity contribution is -0.139. The number of nitrogens with one attached hydrogen (secondary N) is 1. The van der Waals surface area contributed by atoms with Crippen LogP contribution < -0.4 is 11.1 Å². The van der Waals surface area contributed by atoms with E-state index in [4.69, 9.17) is 10.8 Å². The number of rotatable bonds is 6. The van der Waals surface area contributed by atoms with Crippen molar-refractivity contribution in [3.63, 3.8) is 0 Å². The molecular weight excluding hydrogens is 328 g/mol. The van der Waals surface area contributed by atoms with E-state index in [0.29, 0.717) is 6.42 Å². The number of anilines is 2. The highest BCUT2D eigenvalue weighted by Gasteiger charge is 2.24. The number of benzene rings is 2. The van der Waals surface area contributed by atoms with Crippen LogP contribution in [0.1, 0.15) is 30.4 Å². The third-order valence-electron chi connectivity index (χ3n) is 4.63. The Morgan fingerprint density at radius 3 is 2.58 bits per heavy atom. The van der Waals surface area contributed by atoms with Crippen LogP contribution in [0.25, 0.3) is 10.9 Å². The monoisotopic (exact) mass is 350 g/mol. The van der Waals surface area contributed by atoms with Gasteiger partial charge in [-0.1, -0.05) is 31.2 Å². The quantitative estimate of drug-likeness (QED) is 0.628. The van der Waals surface area contributed by atoms with Gasteiger partial charge in [0.25, 0.3) is 0 Å². The van der Waals surface area contributed by atoms with Gasteiger partial charge >= 0.3 is 5.97 Å². The minimum Gasteiger partial charge on any atom is -0.480 e. The zero-order valence-electron chi connectivity index (χ0n) is 14.8. The zero-order valence-corrected chi connectivity index (χ0v) is 14.8. The van der Waals surface area contributed by atoms with Crippen LogP contribution in [0.15, 0.2) is 48.8 Å². The average molecular weight is 350 g/mol. The molecule has 0 aliphatic carbocycles. The van der Waals surface area contributed by atoms with Crippen molar-refractivity contribution in [2.45, 2.75) is 32.2 Å². The molecule has 0 radical (unpaired) electrons. The first-order chi connectivity index (χ1) is 12.5. The highest BCUT2D eigenvalue weighted by molar-refractivity contribution is 5.93. The molecule has 0 spiro atoms. The molecule has 0 saturated heterocycles. The van der Waals surface area contributed by atoms with Gasteiger partial charge in [-0.25, -0.2) is 9.97 Å². The summed E-state index contributed by atoms with van der Waals surface area (Å²) >= 11 is 0. The molecule has 0 fully saturated rings. The number of carboxylic acids is 1. The summed E-state index contributed by atoms with van der Waals surface area (Å²) in [6.07, 6.45) is 2.20. The van der Waals surface area contributed by atoms with Gasteiger partial charge in [0, 0.05) is 17.0 Å². The Bertz CT molecular complexity index is 919. The van der Waals surface area contributed by atoms with Gasteiger partial charge in [-0.3, -0.25) is 4.79 Å². The zero-order chi connectivity index (χ0) is 18.7. The summed E-state index contributed by atoms with van der Waals surface area (Å²) in [5.74, 6) is -0.458. The van der Waals surface area contributed by atoms with Crippen molar-refractivity contribution in [2.24, 2.45) is 5.73 Å². The summed E-state index contributed by atoms with van der Waals surface area (Å²) in [4.78, 5) is 19.9. The lowest BCUT2D eigenvalue weighted by Crippen LogP contribution is -2.36. The lowest BCUT2D eigenvalue weighted by atomic mass is 9.89. The van der Waals surface area contributed by atoms with Crippen molar-refractivity contribution >= 4 is 28.4 Å². The molecule has 6 heteroatoms. The molecule has 4 N–H and O–H groups in total. The molecule has 0 saturated carbocycles. The number of hydrogen-bond donors (Lipinski definition) is 3. The van der Waals surface area contributed by atoms with Gasteiger partial charge in [-0.2, -0.15) is 0 Å². The minimum absolute atomic E-state index is 0.219. The number of nitrogens with zero attached hydrogens (tertiary/aromatic N) is 2. The Labute approximate surface area is 152 Å². The summed E-state index contributed by atoms with van der Waals surface area (Å²) in [5, 5.41) is 13.5. The Morgan fingerprint density at radius 2 is 1.92 bits per heavy atom.